The van der Waals surface area contributed by atoms with Crippen LogP contribution in [0.1, 0.15) is 0 Å². The molecule has 0 aliphatic carbocycles. The van der Waals surface area contributed by atoms with Crippen LogP contribution in [0.2, 0.25) is 0 Å². The second-order valence-electron chi connectivity index (χ2n) is 15.4. The first-order chi connectivity index (χ1) is 29.7. The van der Waals surface area contributed by atoms with E-state index in [2.05, 4.69) is 252 Å². The highest BCUT2D eigenvalue weighted by atomic mass is 15.1. The van der Waals surface area contributed by atoms with E-state index in [-0.39, 0.29) is 0 Å². The topological polar surface area (TPSA) is 8.17 Å². The zero-order valence-corrected chi connectivity index (χ0v) is 33.0. The summed E-state index contributed by atoms with van der Waals surface area (Å²) in [6.45, 7) is 0. The Morgan fingerprint density at radius 2 is 0.733 bits per heavy atom. The van der Waals surface area contributed by atoms with Gasteiger partial charge >= 0.3 is 0 Å². The standard InChI is InChI=1S/C58H40N2/c1-4-16-41(17-5-1)45-22-14-26-52(36-45)59(51-24-8-3-9-25-51)53-27-15-23-46(37-53)48-32-33-58-56(40-48)55-28-12-13-29-57(55)60(58)54-38-49(42-18-6-2-7-19-42)35-50(39-54)47-31-30-43-20-10-11-21-44(43)34-47/h1-40H. The molecule has 10 aromatic carbocycles. The highest BCUT2D eigenvalue weighted by Gasteiger charge is 2.18. The van der Waals surface area contributed by atoms with Crippen molar-refractivity contribution in [3.8, 4) is 50.2 Å². The van der Waals surface area contributed by atoms with E-state index in [9.17, 15) is 0 Å². The Bertz CT molecular complexity index is 3310. The van der Waals surface area contributed by atoms with E-state index in [1.807, 2.05) is 0 Å². The Labute approximate surface area is 350 Å². The van der Waals surface area contributed by atoms with Gasteiger partial charge in [-0.15, -0.1) is 0 Å². The van der Waals surface area contributed by atoms with Crippen LogP contribution >= 0.6 is 0 Å². The molecule has 1 aromatic heterocycles. The maximum atomic E-state index is 2.44. The molecule has 0 radical (unpaired) electrons. The number of fused-ring (bicyclic) bond motifs is 4. The van der Waals surface area contributed by atoms with E-state index in [4.69, 9.17) is 0 Å². The Kier molecular flexibility index (Phi) is 8.87. The molecule has 0 atom stereocenters. The molecular weight excluding hydrogens is 725 g/mol. The smallest absolute Gasteiger partial charge is 0.0541 e. The maximum Gasteiger partial charge on any atom is 0.0541 e. The van der Waals surface area contributed by atoms with Gasteiger partial charge < -0.3 is 9.47 Å². The number of rotatable bonds is 8. The van der Waals surface area contributed by atoms with Gasteiger partial charge in [-0.05, 0) is 134 Å². The first-order valence-electron chi connectivity index (χ1n) is 20.6. The van der Waals surface area contributed by atoms with Crippen LogP contribution in [-0.2, 0) is 0 Å². The van der Waals surface area contributed by atoms with Gasteiger partial charge in [0.1, 0.15) is 0 Å². The fraction of sp³-hybridized carbons (Fsp3) is 0. The molecule has 11 rings (SSSR count). The summed E-state index contributed by atoms with van der Waals surface area (Å²) in [6, 6.07) is 88.0. The fourth-order valence-electron chi connectivity index (χ4n) is 8.81. The Morgan fingerprint density at radius 3 is 1.45 bits per heavy atom. The number of benzene rings is 10. The van der Waals surface area contributed by atoms with Gasteiger partial charge in [0.25, 0.3) is 0 Å². The molecule has 0 aliphatic rings. The number of aromatic nitrogens is 1. The van der Waals surface area contributed by atoms with E-state index in [1.54, 1.807) is 0 Å². The quantitative estimate of drug-likeness (QED) is 0.150. The third kappa shape index (κ3) is 6.51. The van der Waals surface area contributed by atoms with Gasteiger partial charge in [-0.25, -0.2) is 0 Å². The summed E-state index contributed by atoms with van der Waals surface area (Å²) in [5.74, 6) is 0. The molecule has 11 aromatic rings. The molecule has 0 unspecified atom stereocenters. The first kappa shape index (κ1) is 35.2. The molecule has 1 heterocycles. The van der Waals surface area contributed by atoms with Crippen molar-refractivity contribution < 1.29 is 0 Å². The molecule has 0 aliphatic heterocycles. The molecule has 2 heteroatoms. The van der Waals surface area contributed by atoms with Crippen LogP contribution in [0.15, 0.2) is 243 Å². The van der Waals surface area contributed by atoms with Gasteiger partial charge in [-0.3, -0.25) is 0 Å². The zero-order valence-electron chi connectivity index (χ0n) is 33.0. The normalized spacial score (nSPS) is 11.3. The number of hydrogen-bond donors (Lipinski definition) is 0. The monoisotopic (exact) mass is 764 g/mol. The molecule has 0 spiro atoms. The minimum Gasteiger partial charge on any atom is -0.310 e. The lowest BCUT2D eigenvalue weighted by molar-refractivity contribution is 1.18. The molecule has 282 valence electrons. The second kappa shape index (κ2) is 15.1. The van der Waals surface area contributed by atoms with Gasteiger partial charge in [-0.1, -0.05) is 164 Å². The van der Waals surface area contributed by atoms with Crippen molar-refractivity contribution in [1.29, 1.82) is 0 Å². The molecule has 0 saturated carbocycles. The van der Waals surface area contributed by atoms with Crippen LogP contribution in [0, 0.1) is 0 Å². The Hall–Kier alpha value is -7.94. The minimum atomic E-state index is 1.10. The number of anilines is 3. The van der Waals surface area contributed by atoms with E-state index >= 15 is 0 Å². The van der Waals surface area contributed by atoms with Crippen molar-refractivity contribution in [3.63, 3.8) is 0 Å². The summed E-state index contributed by atoms with van der Waals surface area (Å²) in [7, 11) is 0. The van der Waals surface area contributed by atoms with Gasteiger partial charge in [0.2, 0.25) is 0 Å². The summed E-state index contributed by atoms with van der Waals surface area (Å²) in [5, 5.41) is 4.94. The highest BCUT2D eigenvalue weighted by Crippen LogP contribution is 2.41. The highest BCUT2D eigenvalue weighted by molar-refractivity contribution is 6.10. The van der Waals surface area contributed by atoms with Gasteiger partial charge in [0.15, 0.2) is 0 Å². The molecule has 0 N–H and O–H groups in total. The number of para-hydroxylation sites is 2. The van der Waals surface area contributed by atoms with Crippen molar-refractivity contribution in [3.05, 3.63) is 243 Å². The molecule has 60 heavy (non-hydrogen) atoms. The van der Waals surface area contributed by atoms with Crippen LogP contribution in [0.25, 0.3) is 82.8 Å². The van der Waals surface area contributed by atoms with Crippen LogP contribution in [0.3, 0.4) is 0 Å². The Morgan fingerprint density at radius 1 is 0.250 bits per heavy atom. The molecule has 0 amide bonds. The fourth-order valence-corrected chi connectivity index (χ4v) is 8.81. The minimum absolute atomic E-state index is 1.10. The van der Waals surface area contributed by atoms with Gasteiger partial charge in [0, 0.05) is 33.5 Å². The van der Waals surface area contributed by atoms with Gasteiger partial charge in [-0.2, -0.15) is 0 Å². The summed E-state index contributed by atoms with van der Waals surface area (Å²) in [4.78, 5) is 2.35. The SMILES string of the molecule is c1ccc(-c2cccc(N(c3ccccc3)c3cccc(-c4ccc5c(c4)c4ccccc4n5-c4cc(-c5ccccc5)cc(-c5ccc6ccccc6c5)c4)c3)c2)cc1. The van der Waals surface area contributed by atoms with Crippen molar-refractivity contribution in [2.24, 2.45) is 0 Å². The average molecular weight is 765 g/mol. The lowest BCUT2D eigenvalue weighted by Crippen LogP contribution is -2.10. The maximum absolute atomic E-state index is 2.44. The lowest BCUT2D eigenvalue weighted by Gasteiger charge is -2.26. The molecule has 0 bridgehead atoms. The van der Waals surface area contributed by atoms with E-state index in [0.29, 0.717) is 0 Å². The number of nitrogens with zero attached hydrogens (tertiary/aromatic N) is 2. The summed E-state index contributed by atoms with van der Waals surface area (Å²) >= 11 is 0. The van der Waals surface area contributed by atoms with Crippen LogP contribution in [0.4, 0.5) is 17.1 Å². The lowest BCUT2D eigenvalue weighted by atomic mass is 9.96. The Balaban J connectivity index is 1.05. The predicted molar refractivity (Wildman–Crippen MR) is 255 cm³/mol. The van der Waals surface area contributed by atoms with Crippen LogP contribution in [-0.4, -0.2) is 4.57 Å². The van der Waals surface area contributed by atoms with E-state index in [0.717, 1.165) is 28.3 Å². The van der Waals surface area contributed by atoms with Crippen LogP contribution < -0.4 is 4.90 Å². The summed E-state index contributed by atoms with van der Waals surface area (Å²) in [5.41, 5.74) is 16.3. The average Bonchev–Trinajstić information content (AvgIpc) is 3.66. The molecule has 2 nitrogen and oxygen atoms in total. The van der Waals surface area contributed by atoms with E-state index in [1.165, 1.54) is 71.5 Å². The van der Waals surface area contributed by atoms with Crippen LogP contribution in [0.5, 0.6) is 0 Å². The van der Waals surface area contributed by atoms with Crippen molar-refractivity contribution in [2.75, 3.05) is 4.90 Å². The zero-order chi connectivity index (χ0) is 39.8. The van der Waals surface area contributed by atoms with E-state index < -0.39 is 0 Å². The summed E-state index contributed by atoms with van der Waals surface area (Å²) in [6.07, 6.45) is 0. The largest absolute Gasteiger partial charge is 0.310 e. The van der Waals surface area contributed by atoms with Crippen molar-refractivity contribution >= 4 is 49.6 Å². The molecular formula is C58H40N2. The second-order valence-corrected chi connectivity index (χ2v) is 15.4. The third-order valence-corrected chi connectivity index (χ3v) is 11.7. The first-order valence-corrected chi connectivity index (χ1v) is 20.6. The third-order valence-electron chi connectivity index (χ3n) is 11.7. The van der Waals surface area contributed by atoms with Crippen molar-refractivity contribution in [2.45, 2.75) is 0 Å². The predicted octanol–water partition coefficient (Wildman–Crippen LogP) is 16.1. The summed E-state index contributed by atoms with van der Waals surface area (Å²) < 4.78 is 2.44. The molecule has 0 saturated heterocycles. The van der Waals surface area contributed by atoms with Crippen molar-refractivity contribution in [1.82, 2.24) is 4.57 Å². The van der Waals surface area contributed by atoms with Gasteiger partial charge in [0.05, 0.1) is 11.0 Å². The number of hydrogen-bond acceptors (Lipinski definition) is 1. The molecule has 0 fully saturated rings.